The Morgan fingerprint density at radius 2 is 1.77 bits per heavy atom. The minimum atomic E-state index is -1.20. The highest BCUT2D eigenvalue weighted by atomic mass is 16.5. The molecule has 0 spiro atoms. The average molecular weight is 348 g/mol. The topological polar surface area (TPSA) is 79.1 Å². The van der Waals surface area contributed by atoms with E-state index in [1.807, 2.05) is 29.2 Å². The van der Waals surface area contributed by atoms with Crippen molar-refractivity contribution in [1.29, 1.82) is 5.26 Å². The molecule has 0 aliphatic carbocycles. The summed E-state index contributed by atoms with van der Waals surface area (Å²) in [6.07, 6.45) is 4.87. The summed E-state index contributed by atoms with van der Waals surface area (Å²) in [6.45, 7) is 12.0. The zero-order valence-electron chi connectivity index (χ0n) is 14.5. The predicted molar refractivity (Wildman–Crippen MR) is 102 cm³/mol. The van der Waals surface area contributed by atoms with Crippen LogP contribution >= 0.6 is 0 Å². The van der Waals surface area contributed by atoms with E-state index in [4.69, 9.17) is 4.74 Å². The first-order valence-corrected chi connectivity index (χ1v) is 8.06. The number of anilines is 1. The van der Waals surface area contributed by atoms with Crippen LogP contribution in [-0.2, 0) is 9.53 Å². The van der Waals surface area contributed by atoms with Gasteiger partial charge in [0.1, 0.15) is 12.3 Å². The van der Waals surface area contributed by atoms with Crippen molar-refractivity contribution >= 4 is 22.8 Å². The van der Waals surface area contributed by atoms with Gasteiger partial charge >= 0.3 is 5.97 Å². The Balaban J connectivity index is 2.63. The monoisotopic (exact) mass is 348 g/mol. The first-order chi connectivity index (χ1) is 12.7. The van der Waals surface area contributed by atoms with E-state index < -0.39 is 11.9 Å². The quantitative estimate of drug-likeness (QED) is 0.512. The molecule has 0 amide bonds. The molecule has 1 atom stereocenters. The second kappa shape index (κ2) is 9.14. The second-order valence-corrected chi connectivity index (χ2v) is 5.38. The van der Waals surface area contributed by atoms with Crippen LogP contribution in [0.25, 0.3) is 11.0 Å². The number of benzene rings is 1. The van der Waals surface area contributed by atoms with E-state index in [9.17, 15) is 10.1 Å². The van der Waals surface area contributed by atoms with Gasteiger partial charge in [-0.1, -0.05) is 36.9 Å². The number of fused-ring (bicyclic) bond motifs is 1. The molecule has 0 fully saturated rings. The minimum Gasteiger partial charge on any atom is -0.460 e. The fourth-order valence-electron chi connectivity index (χ4n) is 2.44. The van der Waals surface area contributed by atoms with Crippen molar-refractivity contribution < 1.29 is 9.53 Å². The van der Waals surface area contributed by atoms with Crippen LogP contribution in [0.5, 0.6) is 0 Å². The van der Waals surface area contributed by atoms with Gasteiger partial charge in [0.25, 0.3) is 0 Å². The number of nitrogens with zero attached hydrogens (tertiary/aromatic N) is 4. The van der Waals surface area contributed by atoms with Crippen molar-refractivity contribution in [3.63, 3.8) is 0 Å². The number of esters is 1. The fourth-order valence-corrected chi connectivity index (χ4v) is 2.44. The van der Waals surface area contributed by atoms with Crippen molar-refractivity contribution in [2.75, 3.05) is 24.6 Å². The lowest BCUT2D eigenvalue weighted by Crippen LogP contribution is -2.28. The molecule has 0 radical (unpaired) electrons. The number of aromatic nitrogens is 2. The van der Waals surface area contributed by atoms with E-state index in [0.29, 0.717) is 29.9 Å². The highest BCUT2D eigenvalue weighted by molar-refractivity contribution is 5.85. The van der Waals surface area contributed by atoms with Gasteiger partial charge in [-0.05, 0) is 12.1 Å². The summed E-state index contributed by atoms with van der Waals surface area (Å²) in [5.74, 6) is -1.44. The normalized spacial score (nSPS) is 11.2. The first kappa shape index (κ1) is 18.9. The number of hydrogen-bond acceptors (Lipinski definition) is 6. The van der Waals surface area contributed by atoms with E-state index in [2.05, 4.69) is 29.7 Å². The van der Waals surface area contributed by atoms with Gasteiger partial charge in [0.15, 0.2) is 11.7 Å². The Kier molecular flexibility index (Phi) is 6.63. The molecule has 2 aromatic rings. The smallest absolute Gasteiger partial charge is 0.330 e. The van der Waals surface area contributed by atoms with Crippen molar-refractivity contribution in [3.8, 4) is 6.07 Å². The lowest BCUT2D eigenvalue weighted by atomic mass is 10.1. The summed E-state index contributed by atoms with van der Waals surface area (Å²) < 4.78 is 5.06. The Hall–Kier alpha value is -3.46. The van der Waals surface area contributed by atoms with Crippen molar-refractivity contribution in [2.24, 2.45) is 0 Å². The van der Waals surface area contributed by atoms with Crippen LogP contribution in [-0.4, -0.2) is 35.6 Å². The van der Waals surface area contributed by atoms with Crippen LogP contribution in [0.4, 0.5) is 5.82 Å². The van der Waals surface area contributed by atoms with Gasteiger partial charge in [-0.25, -0.2) is 9.97 Å². The standard InChI is InChI=1S/C20H20N4O2/c1-4-11-24(12-5-2)19-18(15(14-21)20(25)26-13-6-3)22-16-9-7-8-10-17(16)23-19/h4-10,15H,1-3,11-13H2/t15-/m1/s1. The third kappa shape index (κ3) is 4.14. The third-order valence-corrected chi connectivity index (χ3v) is 3.56. The summed E-state index contributed by atoms with van der Waals surface area (Å²) >= 11 is 0. The molecule has 0 aliphatic rings. The van der Waals surface area contributed by atoms with Gasteiger partial charge < -0.3 is 9.64 Å². The number of carbonyl (C=O) groups is 1. The van der Waals surface area contributed by atoms with Gasteiger partial charge in [0, 0.05) is 13.1 Å². The number of nitriles is 1. The van der Waals surface area contributed by atoms with Gasteiger partial charge in [0.2, 0.25) is 0 Å². The molecule has 0 unspecified atom stereocenters. The molecule has 6 heteroatoms. The highest BCUT2D eigenvalue weighted by Gasteiger charge is 2.29. The van der Waals surface area contributed by atoms with Gasteiger partial charge in [-0.3, -0.25) is 4.79 Å². The second-order valence-electron chi connectivity index (χ2n) is 5.38. The lowest BCUT2D eigenvalue weighted by molar-refractivity contribution is -0.142. The number of ether oxygens (including phenoxy) is 1. The first-order valence-electron chi connectivity index (χ1n) is 8.06. The highest BCUT2D eigenvalue weighted by Crippen LogP contribution is 2.28. The van der Waals surface area contributed by atoms with E-state index in [-0.39, 0.29) is 12.3 Å². The summed E-state index contributed by atoms with van der Waals surface area (Å²) in [7, 11) is 0. The average Bonchev–Trinajstić information content (AvgIpc) is 2.66. The van der Waals surface area contributed by atoms with E-state index in [0.717, 1.165) is 0 Å². The Bertz CT molecular complexity index is 860. The van der Waals surface area contributed by atoms with Gasteiger partial charge in [-0.2, -0.15) is 5.26 Å². The van der Waals surface area contributed by atoms with E-state index in [1.165, 1.54) is 6.08 Å². The summed E-state index contributed by atoms with van der Waals surface area (Å²) in [6, 6.07) is 9.27. The summed E-state index contributed by atoms with van der Waals surface area (Å²) in [5, 5.41) is 9.58. The molecule has 1 heterocycles. The zero-order chi connectivity index (χ0) is 18.9. The Labute approximate surface area is 152 Å². The molecule has 6 nitrogen and oxygen atoms in total. The molecule has 0 N–H and O–H groups in total. The molecule has 132 valence electrons. The predicted octanol–water partition coefficient (Wildman–Crippen LogP) is 3.14. The van der Waals surface area contributed by atoms with Crippen molar-refractivity contribution in [3.05, 3.63) is 67.9 Å². The maximum Gasteiger partial charge on any atom is 0.330 e. The molecule has 0 saturated heterocycles. The van der Waals surface area contributed by atoms with Crippen LogP contribution in [0.1, 0.15) is 11.6 Å². The molecule has 26 heavy (non-hydrogen) atoms. The van der Waals surface area contributed by atoms with Crippen LogP contribution in [0.15, 0.2) is 62.2 Å². The molecular formula is C20H20N4O2. The van der Waals surface area contributed by atoms with Gasteiger partial charge in [0.05, 0.1) is 17.1 Å². The van der Waals surface area contributed by atoms with Crippen molar-refractivity contribution in [2.45, 2.75) is 5.92 Å². The molecule has 1 aromatic heterocycles. The van der Waals surface area contributed by atoms with E-state index >= 15 is 0 Å². The van der Waals surface area contributed by atoms with E-state index in [1.54, 1.807) is 18.2 Å². The third-order valence-electron chi connectivity index (χ3n) is 3.56. The molecule has 0 aliphatic heterocycles. The summed E-state index contributed by atoms with van der Waals surface area (Å²) in [4.78, 5) is 23.4. The largest absolute Gasteiger partial charge is 0.460 e. The summed E-state index contributed by atoms with van der Waals surface area (Å²) in [5.41, 5.74) is 1.52. The van der Waals surface area contributed by atoms with Crippen LogP contribution in [0, 0.1) is 11.3 Å². The van der Waals surface area contributed by atoms with Crippen molar-refractivity contribution in [1.82, 2.24) is 9.97 Å². The molecule has 0 bridgehead atoms. The molecule has 1 aromatic carbocycles. The Morgan fingerprint density at radius 3 is 2.31 bits per heavy atom. The molecule has 2 rings (SSSR count). The van der Waals surface area contributed by atoms with Crippen LogP contribution < -0.4 is 4.90 Å². The van der Waals surface area contributed by atoms with Crippen LogP contribution in [0.2, 0.25) is 0 Å². The fraction of sp³-hybridized carbons (Fsp3) is 0.200. The van der Waals surface area contributed by atoms with Gasteiger partial charge in [-0.15, -0.1) is 13.2 Å². The number of rotatable bonds is 9. The Morgan fingerprint density at radius 1 is 1.15 bits per heavy atom. The minimum absolute atomic E-state index is 0.0242. The number of para-hydroxylation sites is 2. The number of carbonyl (C=O) groups excluding carboxylic acids is 1. The molecule has 0 saturated carbocycles. The lowest BCUT2D eigenvalue weighted by Gasteiger charge is -2.24. The zero-order valence-corrected chi connectivity index (χ0v) is 14.5. The SMILES string of the molecule is C=CCOC(=O)[C@H](C#N)c1nc2ccccc2nc1N(CC=C)CC=C. The van der Waals surface area contributed by atoms with Crippen LogP contribution in [0.3, 0.4) is 0 Å². The molecular weight excluding hydrogens is 328 g/mol. The maximum atomic E-state index is 12.3. The number of hydrogen-bond donors (Lipinski definition) is 0. The maximum absolute atomic E-state index is 12.3.